The van der Waals surface area contributed by atoms with Gasteiger partial charge in [-0.3, -0.25) is 15.0 Å². The molecule has 0 aliphatic rings. The van der Waals surface area contributed by atoms with Crippen LogP contribution in [0.5, 0.6) is 23.0 Å². The zero-order valence-corrected chi connectivity index (χ0v) is 24.2. The summed E-state index contributed by atoms with van der Waals surface area (Å²) >= 11 is 0. The van der Waals surface area contributed by atoms with Crippen molar-refractivity contribution in [3.8, 4) is 23.0 Å². The number of amides is 2. The molecule has 0 spiro atoms. The third kappa shape index (κ3) is 6.16. The smallest absolute Gasteiger partial charge is 0.279 e. The van der Waals surface area contributed by atoms with Crippen molar-refractivity contribution >= 4 is 11.8 Å². The number of aliphatic hydroxyl groups is 1. The Morgan fingerprint density at radius 2 is 0.929 bits per heavy atom. The first-order valence-corrected chi connectivity index (χ1v) is 13.1. The summed E-state index contributed by atoms with van der Waals surface area (Å²) in [4.78, 5) is 27.4. The first-order valence-electron chi connectivity index (χ1n) is 13.1. The molecule has 218 valence electrons. The van der Waals surface area contributed by atoms with E-state index in [2.05, 4.69) is 5.43 Å². The summed E-state index contributed by atoms with van der Waals surface area (Å²) < 4.78 is 21.2. The summed E-state index contributed by atoms with van der Waals surface area (Å²) in [5, 5.41) is 13.4. The van der Waals surface area contributed by atoms with Crippen molar-refractivity contribution in [2.75, 3.05) is 28.4 Å². The van der Waals surface area contributed by atoms with Crippen LogP contribution >= 0.6 is 0 Å². The summed E-state index contributed by atoms with van der Waals surface area (Å²) in [5.74, 6) is 1.10. The van der Waals surface area contributed by atoms with E-state index < -0.39 is 23.5 Å². The lowest BCUT2D eigenvalue weighted by Gasteiger charge is -2.36. The number of benzene rings is 4. The van der Waals surface area contributed by atoms with E-state index in [1.54, 1.807) is 87.0 Å². The van der Waals surface area contributed by atoms with Crippen LogP contribution in [0.3, 0.4) is 0 Å². The third-order valence-corrected chi connectivity index (χ3v) is 7.03. The Morgan fingerprint density at radius 3 is 1.21 bits per heavy atom. The zero-order chi connectivity index (χ0) is 30.3. The second kappa shape index (κ2) is 13.1. The Hall–Kier alpha value is -5.02. The van der Waals surface area contributed by atoms with Gasteiger partial charge in [0.25, 0.3) is 5.91 Å². The van der Waals surface area contributed by atoms with Crippen LogP contribution < -0.4 is 24.4 Å². The highest BCUT2D eigenvalue weighted by molar-refractivity contribution is 5.91. The van der Waals surface area contributed by atoms with E-state index in [1.165, 1.54) is 26.2 Å². The Morgan fingerprint density at radius 1 is 0.619 bits per heavy atom. The predicted molar refractivity (Wildman–Crippen MR) is 157 cm³/mol. The molecule has 2 amide bonds. The van der Waals surface area contributed by atoms with E-state index in [4.69, 9.17) is 18.9 Å². The van der Waals surface area contributed by atoms with Crippen molar-refractivity contribution in [1.29, 1.82) is 0 Å². The molecule has 0 heterocycles. The van der Waals surface area contributed by atoms with Crippen LogP contribution in [0.25, 0.3) is 0 Å². The highest BCUT2D eigenvalue weighted by Crippen LogP contribution is 2.35. The summed E-state index contributed by atoms with van der Waals surface area (Å²) in [5.41, 5.74) is 2.51. The van der Waals surface area contributed by atoms with Crippen molar-refractivity contribution in [3.63, 3.8) is 0 Å². The van der Waals surface area contributed by atoms with Crippen molar-refractivity contribution in [1.82, 2.24) is 10.4 Å². The SMILES string of the molecule is COc1ccc(C(c2ccc(OC)cc2)N(NC(=O)C(O)(c2ccc(OC)cc2)c2ccc(OC)cc2)C(C)=O)cc1. The van der Waals surface area contributed by atoms with Crippen molar-refractivity contribution < 1.29 is 33.6 Å². The molecule has 0 bridgehead atoms. The third-order valence-electron chi connectivity index (χ3n) is 7.03. The molecule has 0 aromatic heterocycles. The highest BCUT2D eigenvalue weighted by Gasteiger charge is 2.42. The number of carbonyl (C=O) groups is 2. The van der Waals surface area contributed by atoms with Gasteiger partial charge in [0.2, 0.25) is 5.91 Å². The topological polar surface area (TPSA) is 107 Å². The number of methoxy groups -OCH3 is 4. The molecule has 0 saturated carbocycles. The number of nitrogens with zero attached hydrogens (tertiary/aromatic N) is 1. The molecule has 4 rings (SSSR count). The number of rotatable bonds is 10. The standard InChI is InChI=1S/C33H34N2O7/c1-22(36)35(31(23-6-14-27(39-2)15-7-23)24-8-16-28(40-3)17-9-24)34-32(37)33(38,25-10-18-29(41-4)19-11-25)26-12-20-30(42-5)21-13-26/h6-21,31,38H,1-5H3,(H,34,37). The highest BCUT2D eigenvalue weighted by atomic mass is 16.5. The molecule has 9 nitrogen and oxygen atoms in total. The van der Waals surface area contributed by atoms with Crippen LogP contribution in [-0.2, 0) is 15.2 Å². The molecule has 0 aliphatic heterocycles. The molecular formula is C33H34N2O7. The largest absolute Gasteiger partial charge is 0.497 e. The fraction of sp³-hybridized carbons (Fsp3) is 0.212. The lowest BCUT2D eigenvalue weighted by molar-refractivity contribution is -0.150. The lowest BCUT2D eigenvalue weighted by atomic mass is 9.85. The predicted octanol–water partition coefficient (Wildman–Crippen LogP) is 4.63. The Bertz CT molecular complexity index is 1390. The second-order valence-electron chi connectivity index (χ2n) is 9.45. The quantitative estimate of drug-likeness (QED) is 0.268. The summed E-state index contributed by atoms with van der Waals surface area (Å²) in [6.45, 7) is 1.35. The van der Waals surface area contributed by atoms with Gasteiger partial charge >= 0.3 is 0 Å². The second-order valence-corrected chi connectivity index (χ2v) is 9.45. The number of hydrogen-bond acceptors (Lipinski definition) is 7. The van der Waals surface area contributed by atoms with Gasteiger partial charge in [0.1, 0.15) is 29.0 Å². The van der Waals surface area contributed by atoms with Gasteiger partial charge in [-0.2, -0.15) is 0 Å². The Balaban J connectivity index is 1.81. The summed E-state index contributed by atoms with van der Waals surface area (Å²) in [6.07, 6.45) is 0. The number of ether oxygens (including phenoxy) is 4. The number of nitrogens with one attached hydrogen (secondary N) is 1. The summed E-state index contributed by atoms with van der Waals surface area (Å²) in [6, 6.07) is 26.6. The average Bonchev–Trinajstić information content (AvgIpc) is 3.04. The van der Waals surface area contributed by atoms with Crippen molar-refractivity contribution in [3.05, 3.63) is 119 Å². The molecule has 9 heteroatoms. The van der Waals surface area contributed by atoms with Gasteiger partial charge in [0, 0.05) is 6.92 Å². The van der Waals surface area contributed by atoms with Crippen LogP contribution in [0.15, 0.2) is 97.1 Å². The van der Waals surface area contributed by atoms with E-state index >= 15 is 0 Å². The molecule has 0 radical (unpaired) electrons. The van der Waals surface area contributed by atoms with E-state index in [9.17, 15) is 14.7 Å². The maximum absolute atomic E-state index is 14.2. The molecular weight excluding hydrogens is 536 g/mol. The van der Waals surface area contributed by atoms with Gasteiger partial charge in [-0.15, -0.1) is 0 Å². The molecule has 2 N–H and O–H groups in total. The minimum Gasteiger partial charge on any atom is -0.497 e. The maximum Gasteiger partial charge on any atom is 0.279 e. The molecule has 4 aromatic rings. The van der Waals surface area contributed by atoms with Crippen LogP contribution in [-0.4, -0.2) is 50.4 Å². The van der Waals surface area contributed by atoms with Crippen LogP contribution in [0.4, 0.5) is 0 Å². The fourth-order valence-corrected chi connectivity index (χ4v) is 4.67. The van der Waals surface area contributed by atoms with E-state index in [1.807, 2.05) is 24.3 Å². The van der Waals surface area contributed by atoms with Crippen LogP contribution in [0, 0.1) is 0 Å². The van der Waals surface area contributed by atoms with Gasteiger partial charge in [0.05, 0.1) is 28.4 Å². The molecule has 0 saturated heterocycles. The molecule has 0 atom stereocenters. The molecule has 0 fully saturated rings. The Kier molecular flexibility index (Phi) is 9.34. The number of carbonyl (C=O) groups excluding carboxylic acids is 2. The monoisotopic (exact) mass is 570 g/mol. The average molecular weight is 571 g/mol. The van der Waals surface area contributed by atoms with E-state index in [-0.39, 0.29) is 11.1 Å². The number of hydrogen-bond donors (Lipinski definition) is 2. The van der Waals surface area contributed by atoms with Crippen molar-refractivity contribution in [2.24, 2.45) is 0 Å². The lowest BCUT2D eigenvalue weighted by Crippen LogP contribution is -2.55. The first-order chi connectivity index (χ1) is 20.2. The first kappa shape index (κ1) is 30.0. The van der Waals surface area contributed by atoms with E-state index in [0.717, 1.165) is 0 Å². The fourth-order valence-electron chi connectivity index (χ4n) is 4.67. The van der Waals surface area contributed by atoms with Gasteiger partial charge in [0.15, 0.2) is 5.60 Å². The molecule has 4 aromatic carbocycles. The Labute approximate surface area is 245 Å². The normalized spacial score (nSPS) is 11.0. The van der Waals surface area contributed by atoms with Gasteiger partial charge in [-0.25, -0.2) is 5.01 Å². The molecule has 42 heavy (non-hydrogen) atoms. The maximum atomic E-state index is 14.2. The van der Waals surface area contributed by atoms with Crippen molar-refractivity contribution in [2.45, 2.75) is 18.6 Å². The van der Waals surface area contributed by atoms with Gasteiger partial charge < -0.3 is 24.1 Å². The van der Waals surface area contributed by atoms with E-state index in [0.29, 0.717) is 34.1 Å². The van der Waals surface area contributed by atoms with Crippen LogP contribution in [0.2, 0.25) is 0 Å². The minimum absolute atomic E-state index is 0.278. The van der Waals surface area contributed by atoms with Gasteiger partial charge in [-0.05, 0) is 70.8 Å². The molecule has 0 unspecified atom stereocenters. The zero-order valence-electron chi connectivity index (χ0n) is 24.2. The number of hydrazine groups is 1. The summed E-state index contributed by atoms with van der Waals surface area (Å²) in [7, 11) is 6.19. The van der Waals surface area contributed by atoms with Crippen LogP contribution in [0.1, 0.15) is 35.2 Å². The molecule has 0 aliphatic carbocycles. The minimum atomic E-state index is -2.18. The van der Waals surface area contributed by atoms with Gasteiger partial charge in [-0.1, -0.05) is 48.5 Å².